The standard InChI is InChI=1S/C18H24N4O7S/c1-10(2)15(18(25)28-4)22-16(14(17(22)24)20-21-19)13(23)9-29-30(26,27)12-7-5-11(3)6-8-12/h5-8,10,13-16,23H,9H2,1-4H3/t13-,14-,15+,16+/m1/s1. The van der Waals surface area contributed by atoms with E-state index in [1.165, 1.54) is 12.1 Å². The van der Waals surface area contributed by atoms with E-state index in [9.17, 15) is 23.1 Å². The predicted octanol–water partition coefficient (Wildman–Crippen LogP) is 1.15. The number of aliphatic hydroxyl groups is 1. The first kappa shape index (κ1) is 23.6. The van der Waals surface area contributed by atoms with Gasteiger partial charge in [0.2, 0.25) is 5.91 Å². The van der Waals surface area contributed by atoms with Crippen LogP contribution in [0.5, 0.6) is 0 Å². The van der Waals surface area contributed by atoms with Gasteiger partial charge in [0.05, 0.1) is 24.7 Å². The number of β-lactam (4-membered cyclic amide) rings is 1. The van der Waals surface area contributed by atoms with Crippen molar-refractivity contribution in [2.45, 2.75) is 49.9 Å². The number of aryl methyl sites for hydroxylation is 1. The molecule has 11 nitrogen and oxygen atoms in total. The third-order valence-corrected chi connectivity index (χ3v) is 6.10. The number of carbonyl (C=O) groups excluding carboxylic acids is 2. The molecular formula is C18H24N4O7S. The number of hydrogen-bond acceptors (Lipinski definition) is 8. The summed E-state index contributed by atoms with van der Waals surface area (Å²) in [5.74, 6) is -1.74. The maximum absolute atomic E-state index is 12.5. The molecule has 1 saturated heterocycles. The number of carbonyl (C=O) groups is 2. The van der Waals surface area contributed by atoms with E-state index in [4.69, 9.17) is 14.5 Å². The van der Waals surface area contributed by atoms with Gasteiger partial charge in [-0.25, -0.2) is 4.79 Å². The highest BCUT2D eigenvalue weighted by Gasteiger charge is 2.55. The molecule has 0 aliphatic carbocycles. The average molecular weight is 440 g/mol. The molecule has 2 rings (SSSR count). The topological polar surface area (TPSA) is 159 Å². The van der Waals surface area contributed by atoms with Crippen LogP contribution in [0.25, 0.3) is 10.4 Å². The summed E-state index contributed by atoms with van der Waals surface area (Å²) in [5, 5.41) is 14.0. The zero-order valence-electron chi connectivity index (χ0n) is 17.0. The molecule has 0 aromatic heterocycles. The van der Waals surface area contributed by atoms with Gasteiger partial charge in [0, 0.05) is 4.91 Å². The third-order valence-electron chi connectivity index (χ3n) is 4.80. The van der Waals surface area contributed by atoms with E-state index in [1.54, 1.807) is 32.9 Å². The normalized spacial score (nSPS) is 20.9. The molecule has 12 heteroatoms. The number of amides is 1. The summed E-state index contributed by atoms with van der Waals surface area (Å²) in [6, 6.07) is 2.45. The highest BCUT2D eigenvalue weighted by Crippen LogP contribution is 2.32. The van der Waals surface area contributed by atoms with E-state index in [0.29, 0.717) is 0 Å². The molecule has 0 saturated carbocycles. The van der Waals surface area contributed by atoms with Gasteiger partial charge in [0.25, 0.3) is 10.1 Å². The van der Waals surface area contributed by atoms with E-state index in [0.717, 1.165) is 17.6 Å². The first-order chi connectivity index (χ1) is 14.0. The first-order valence-electron chi connectivity index (χ1n) is 9.13. The summed E-state index contributed by atoms with van der Waals surface area (Å²) in [5.41, 5.74) is 9.58. The van der Waals surface area contributed by atoms with Gasteiger partial charge in [0.1, 0.15) is 18.2 Å². The van der Waals surface area contributed by atoms with E-state index < -0.39 is 52.8 Å². The van der Waals surface area contributed by atoms with Gasteiger partial charge in [-0.15, -0.1) is 0 Å². The van der Waals surface area contributed by atoms with Crippen molar-refractivity contribution in [2.24, 2.45) is 11.0 Å². The number of hydrogen-bond donors (Lipinski definition) is 1. The van der Waals surface area contributed by atoms with Crippen molar-refractivity contribution in [3.8, 4) is 0 Å². The molecule has 1 aromatic rings. The number of ether oxygens (including phenoxy) is 1. The fourth-order valence-electron chi connectivity index (χ4n) is 3.27. The minimum atomic E-state index is -4.17. The smallest absolute Gasteiger partial charge is 0.328 e. The van der Waals surface area contributed by atoms with Gasteiger partial charge < -0.3 is 14.7 Å². The number of methoxy groups -OCH3 is 1. The number of likely N-dealkylation sites (tertiary alicyclic amines) is 1. The number of azide groups is 1. The van der Waals surface area contributed by atoms with Crippen LogP contribution in [-0.2, 0) is 28.6 Å². The highest BCUT2D eigenvalue weighted by atomic mass is 32.2. The molecule has 0 bridgehead atoms. The van der Waals surface area contributed by atoms with Crippen molar-refractivity contribution in [3.05, 3.63) is 40.3 Å². The molecule has 30 heavy (non-hydrogen) atoms. The summed E-state index contributed by atoms with van der Waals surface area (Å²) >= 11 is 0. The van der Waals surface area contributed by atoms with E-state index in [-0.39, 0.29) is 10.8 Å². The molecule has 164 valence electrons. The molecule has 1 aliphatic rings. The lowest BCUT2D eigenvalue weighted by atomic mass is 9.86. The number of benzene rings is 1. The zero-order chi connectivity index (χ0) is 22.6. The molecule has 4 atom stereocenters. The summed E-state index contributed by atoms with van der Waals surface area (Å²) in [4.78, 5) is 28.2. The van der Waals surface area contributed by atoms with Gasteiger partial charge in [-0.05, 0) is 30.5 Å². The van der Waals surface area contributed by atoms with Crippen LogP contribution in [-0.4, -0.2) is 68.2 Å². The zero-order valence-corrected chi connectivity index (χ0v) is 17.8. The van der Waals surface area contributed by atoms with E-state index >= 15 is 0 Å². The molecule has 1 heterocycles. The molecule has 0 spiro atoms. The molecule has 0 unspecified atom stereocenters. The van der Waals surface area contributed by atoms with Crippen molar-refractivity contribution in [3.63, 3.8) is 0 Å². The Bertz CT molecular complexity index is 942. The minimum Gasteiger partial charge on any atom is -0.467 e. The quantitative estimate of drug-likeness (QED) is 0.150. The lowest BCUT2D eigenvalue weighted by Crippen LogP contribution is -2.73. The summed E-state index contributed by atoms with van der Waals surface area (Å²) in [6.07, 6.45) is -1.54. The Morgan fingerprint density at radius 1 is 1.33 bits per heavy atom. The van der Waals surface area contributed by atoms with Crippen LogP contribution >= 0.6 is 0 Å². The largest absolute Gasteiger partial charge is 0.467 e. The van der Waals surface area contributed by atoms with Gasteiger partial charge >= 0.3 is 5.97 Å². The van der Waals surface area contributed by atoms with Crippen LogP contribution in [0.3, 0.4) is 0 Å². The maximum Gasteiger partial charge on any atom is 0.328 e. The van der Waals surface area contributed by atoms with Crippen LogP contribution < -0.4 is 0 Å². The van der Waals surface area contributed by atoms with Crippen LogP contribution in [0.2, 0.25) is 0 Å². The van der Waals surface area contributed by atoms with E-state index in [1.807, 2.05) is 0 Å². The number of esters is 1. The highest BCUT2D eigenvalue weighted by molar-refractivity contribution is 7.86. The van der Waals surface area contributed by atoms with Gasteiger partial charge in [-0.2, -0.15) is 8.42 Å². The van der Waals surface area contributed by atoms with Gasteiger partial charge in [-0.3, -0.25) is 8.98 Å². The Balaban J connectivity index is 2.23. The SMILES string of the molecule is COC(=O)[C@H](C(C)C)N1C(=O)[C@H](N=[N+]=[N-])[C@@H]1[C@H](O)COS(=O)(=O)c1ccc(C)cc1. The average Bonchev–Trinajstić information content (AvgIpc) is 2.70. The molecule has 0 radical (unpaired) electrons. The Morgan fingerprint density at radius 3 is 2.43 bits per heavy atom. The van der Waals surface area contributed by atoms with Crippen LogP contribution in [0, 0.1) is 12.8 Å². The third kappa shape index (κ3) is 4.73. The summed E-state index contributed by atoms with van der Waals surface area (Å²) in [7, 11) is -3.00. The van der Waals surface area contributed by atoms with Crippen molar-refractivity contribution in [2.75, 3.05) is 13.7 Å². The lowest BCUT2D eigenvalue weighted by molar-refractivity contribution is -0.175. The molecule has 1 amide bonds. The molecular weight excluding hydrogens is 416 g/mol. The van der Waals surface area contributed by atoms with Crippen LogP contribution in [0.15, 0.2) is 34.3 Å². The monoisotopic (exact) mass is 440 g/mol. The number of aliphatic hydroxyl groups excluding tert-OH is 1. The second kappa shape index (κ2) is 9.43. The maximum atomic E-state index is 12.5. The van der Waals surface area contributed by atoms with Crippen molar-refractivity contribution >= 4 is 22.0 Å². The summed E-state index contributed by atoms with van der Waals surface area (Å²) < 4.78 is 34.4. The van der Waals surface area contributed by atoms with Crippen LogP contribution in [0.4, 0.5) is 0 Å². The van der Waals surface area contributed by atoms with E-state index in [2.05, 4.69) is 10.0 Å². The lowest BCUT2D eigenvalue weighted by Gasteiger charge is -2.51. The fraction of sp³-hybridized carbons (Fsp3) is 0.556. The van der Waals surface area contributed by atoms with Gasteiger partial charge in [-0.1, -0.05) is 36.7 Å². The van der Waals surface area contributed by atoms with Crippen molar-refractivity contribution < 1.29 is 32.0 Å². The second-order valence-electron chi connectivity index (χ2n) is 7.22. The molecule has 1 fully saturated rings. The van der Waals surface area contributed by atoms with Crippen molar-refractivity contribution in [1.29, 1.82) is 0 Å². The Labute approximate surface area is 174 Å². The Morgan fingerprint density at radius 2 is 1.93 bits per heavy atom. The molecule has 1 aliphatic heterocycles. The van der Waals surface area contributed by atoms with Gasteiger partial charge in [0.15, 0.2) is 0 Å². The second-order valence-corrected chi connectivity index (χ2v) is 8.83. The molecule has 1 N–H and O–H groups in total. The predicted molar refractivity (Wildman–Crippen MR) is 105 cm³/mol. The van der Waals surface area contributed by atoms with Crippen LogP contribution in [0.1, 0.15) is 19.4 Å². The number of rotatable bonds is 9. The minimum absolute atomic E-state index is 0.0944. The fourth-order valence-corrected chi connectivity index (χ4v) is 4.19. The first-order valence-corrected chi connectivity index (χ1v) is 10.5. The Kier molecular flexibility index (Phi) is 7.43. The summed E-state index contributed by atoms with van der Waals surface area (Å²) in [6.45, 7) is 4.45. The molecule has 1 aromatic carbocycles. The number of nitrogens with zero attached hydrogens (tertiary/aromatic N) is 4. The van der Waals surface area contributed by atoms with Crippen molar-refractivity contribution in [1.82, 2.24) is 4.90 Å². The Hall–Kier alpha value is -2.66.